The minimum Gasteiger partial charge on any atom is -0.394 e. The van der Waals surface area contributed by atoms with Crippen molar-refractivity contribution in [1.82, 2.24) is 5.06 Å². The Bertz CT molecular complexity index is 428. The van der Waals surface area contributed by atoms with Gasteiger partial charge in [-0.25, -0.2) is 4.79 Å². The van der Waals surface area contributed by atoms with Crippen LogP contribution in [0.4, 0.5) is 0 Å². The molecular formula is C13H19NO7. The standard InChI is InChI=1S/C13H19NO7/c1-13(2,20-8-7-15)9(16)3-6-12(19)21-14-10(17)4-5-11(14)18/h15H,3-8H2,1-2H3. The molecule has 2 amide bonds. The van der Waals surface area contributed by atoms with Crippen molar-refractivity contribution in [3.8, 4) is 0 Å². The van der Waals surface area contributed by atoms with Crippen molar-refractivity contribution >= 4 is 23.6 Å². The first kappa shape index (κ1) is 17.3. The molecule has 0 saturated carbocycles. The van der Waals surface area contributed by atoms with Crippen LogP contribution >= 0.6 is 0 Å². The molecule has 1 fully saturated rings. The summed E-state index contributed by atoms with van der Waals surface area (Å²) in [5.41, 5.74) is -1.12. The van der Waals surface area contributed by atoms with E-state index in [2.05, 4.69) is 4.84 Å². The van der Waals surface area contributed by atoms with Crippen LogP contribution in [0.1, 0.15) is 39.5 Å². The number of hydrogen-bond donors (Lipinski definition) is 1. The smallest absolute Gasteiger partial charge is 0.333 e. The lowest BCUT2D eigenvalue weighted by atomic mass is 9.99. The van der Waals surface area contributed by atoms with E-state index in [1.807, 2.05) is 0 Å². The quantitative estimate of drug-likeness (QED) is 0.614. The van der Waals surface area contributed by atoms with E-state index < -0.39 is 23.4 Å². The summed E-state index contributed by atoms with van der Waals surface area (Å²) in [6.07, 6.45) is -0.366. The molecule has 1 rings (SSSR count). The second-order valence-corrected chi connectivity index (χ2v) is 5.05. The number of hydroxylamine groups is 2. The average Bonchev–Trinajstić information content (AvgIpc) is 2.74. The Morgan fingerprint density at radius 2 is 1.76 bits per heavy atom. The summed E-state index contributed by atoms with van der Waals surface area (Å²) in [5.74, 6) is -2.30. The molecule has 1 N–H and O–H groups in total. The van der Waals surface area contributed by atoms with Crippen molar-refractivity contribution in [2.24, 2.45) is 0 Å². The zero-order valence-corrected chi connectivity index (χ0v) is 12.1. The van der Waals surface area contributed by atoms with Gasteiger partial charge in [-0.05, 0) is 13.8 Å². The molecule has 0 atom stereocenters. The van der Waals surface area contributed by atoms with Crippen LogP contribution in [0, 0.1) is 0 Å². The lowest BCUT2D eigenvalue weighted by Gasteiger charge is -2.23. The second-order valence-electron chi connectivity index (χ2n) is 5.05. The van der Waals surface area contributed by atoms with E-state index in [4.69, 9.17) is 9.84 Å². The fraction of sp³-hybridized carbons (Fsp3) is 0.692. The highest BCUT2D eigenvalue weighted by Crippen LogP contribution is 2.16. The van der Waals surface area contributed by atoms with Crippen LogP contribution in [0.5, 0.6) is 0 Å². The van der Waals surface area contributed by atoms with E-state index in [0.717, 1.165) is 0 Å². The van der Waals surface area contributed by atoms with Gasteiger partial charge in [0.25, 0.3) is 11.8 Å². The van der Waals surface area contributed by atoms with Gasteiger partial charge in [-0.3, -0.25) is 14.4 Å². The van der Waals surface area contributed by atoms with Gasteiger partial charge in [0.1, 0.15) is 5.60 Å². The summed E-state index contributed by atoms with van der Waals surface area (Å²) >= 11 is 0. The summed E-state index contributed by atoms with van der Waals surface area (Å²) in [4.78, 5) is 50.6. The number of imide groups is 1. The third-order valence-electron chi connectivity index (χ3n) is 2.98. The Hall–Kier alpha value is -1.80. The molecule has 0 aliphatic carbocycles. The van der Waals surface area contributed by atoms with Gasteiger partial charge in [-0.15, -0.1) is 5.06 Å². The number of nitrogens with zero attached hydrogens (tertiary/aromatic N) is 1. The molecule has 0 bridgehead atoms. The number of ketones is 1. The number of carbonyl (C=O) groups is 4. The third-order valence-corrected chi connectivity index (χ3v) is 2.98. The largest absolute Gasteiger partial charge is 0.394 e. The van der Waals surface area contributed by atoms with Gasteiger partial charge in [0.2, 0.25) is 0 Å². The highest BCUT2D eigenvalue weighted by molar-refractivity contribution is 6.01. The van der Waals surface area contributed by atoms with Crippen LogP contribution in [0.15, 0.2) is 0 Å². The maximum absolute atomic E-state index is 11.9. The SMILES string of the molecule is CC(C)(OCCO)C(=O)CCC(=O)ON1C(=O)CCC1=O. The summed E-state index contributed by atoms with van der Waals surface area (Å²) in [6.45, 7) is 2.87. The molecule has 0 aromatic rings. The Morgan fingerprint density at radius 1 is 1.19 bits per heavy atom. The van der Waals surface area contributed by atoms with Crippen LogP contribution in [-0.2, 0) is 28.8 Å². The first-order chi connectivity index (χ1) is 9.77. The molecule has 0 spiro atoms. The fourth-order valence-corrected chi connectivity index (χ4v) is 1.70. The Balaban J connectivity index is 2.40. The van der Waals surface area contributed by atoms with Crippen molar-refractivity contribution in [2.45, 2.75) is 45.1 Å². The van der Waals surface area contributed by atoms with Crippen molar-refractivity contribution < 1.29 is 33.9 Å². The molecule has 0 aromatic carbocycles. The Labute approximate surface area is 121 Å². The van der Waals surface area contributed by atoms with Crippen molar-refractivity contribution in [3.63, 3.8) is 0 Å². The second kappa shape index (κ2) is 7.28. The van der Waals surface area contributed by atoms with Gasteiger partial charge in [-0.1, -0.05) is 0 Å². The van der Waals surface area contributed by atoms with Gasteiger partial charge in [0.15, 0.2) is 5.78 Å². The van der Waals surface area contributed by atoms with Gasteiger partial charge in [0.05, 0.1) is 19.6 Å². The molecule has 1 aliphatic rings. The van der Waals surface area contributed by atoms with Crippen LogP contribution in [0.2, 0.25) is 0 Å². The molecule has 8 nitrogen and oxygen atoms in total. The molecule has 0 radical (unpaired) electrons. The number of aliphatic hydroxyl groups excluding tert-OH is 1. The summed E-state index contributed by atoms with van der Waals surface area (Å²) in [6, 6.07) is 0. The summed E-state index contributed by atoms with van der Waals surface area (Å²) in [7, 11) is 0. The summed E-state index contributed by atoms with van der Waals surface area (Å²) in [5, 5.41) is 9.10. The molecule has 118 valence electrons. The molecule has 1 heterocycles. The predicted octanol–water partition coefficient (Wildman–Crippen LogP) is -0.270. The van der Waals surface area contributed by atoms with Crippen molar-refractivity contribution in [3.05, 3.63) is 0 Å². The number of amides is 2. The van der Waals surface area contributed by atoms with Crippen LogP contribution in [0.25, 0.3) is 0 Å². The monoisotopic (exact) mass is 301 g/mol. The van der Waals surface area contributed by atoms with E-state index in [9.17, 15) is 19.2 Å². The third kappa shape index (κ3) is 4.91. The minimum absolute atomic E-state index is 0.0139. The number of Topliss-reactive ketones (excluding diaryl/α,β-unsaturated/α-hetero) is 1. The molecule has 1 saturated heterocycles. The molecule has 0 aromatic heterocycles. The zero-order chi connectivity index (χ0) is 16.0. The minimum atomic E-state index is -1.12. The van der Waals surface area contributed by atoms with Gasteiger partial charge in [0, 0.05) is 19.3 Å². The molecule has 8 heteroatoms. The van der Waals surface area contributed by atoms with E-state index in [1.165, 1.54) is 13.8 Å². The van der Waals surface area contributed by atoms with E-state index in [0.29, 0.717) is 5.06 Å². The van der Waals surface area contributed by atoms with Crippen LogP contribution < -0.4 is 0 Å². The van der Waals surface area contributed by atoms with Crippen molar-refractivity contribution in [2.75, 3.05) is 13.2 Å². The number of ether oxygens (including phenoxy) is 1. The first-order valence-electron chi connectivity index (χ1n) is 6.62. The highest BCUT2D eigenvalue weighted by atomic mass is 16.7. The van der Waals surface area contributed by atoms with E-state index in [-0.39, 0.29) is 44.7 Å². The first-order valence-corrected chi connectivity index (χ1v) is 6.62. The number of rotatable bonds is 8. The van der Waals surface area contributed by atoms with E-state index >= 15 is 0 Å². The molecule has 0 unspecified atom stereocenters. The Kier molecular flexibility index (Phi) is 5.98. The highest BCUT2D eigenvalue weighted by Gasteiger charge is 2.33. The lowest BCUT2D eigenvalue weighted by Crippen LogP contribution is -2.37. The Morgan fingerprint density at radius 3 is 2.29 bits per heavy atom. The van der Waals surface area contributed by atoms with Gasteiger partial charge >= 0.3 is 5.97 Å². The fourth-order valence-electron chi connectivity index (χ4n) is 1.70. The van der Waals surface area contributed by atoms with Crippen LogP contribution in [-0.4, -0.2) is 52.6 Å². The number of carbonyl (C=O) groups excluding carboxylic acids is 4. The number of hydrogen-bond acceptors (Lipinski definition) is 7. The molecular weight excluding hydrogens is 282 g/mol. The maximum atomic E-state index is 11.9. The van der Waals surface area contributed by atoms with Gasteiger partial charge < -0.3 is 14.7 Å². The topological polar surface area (TPSA) is 110 Å². The lowest BCUT2D eigenvalue weighted by molar-refractivity contribution is -0.197. The maximum Gasteiger partial charge on any atom is 0.333 e. The van der Waals surface area contributed by atoms with Crippen molar-refractivity contribution in [1.29, 1.82) is 0 Å². The predicted molar refractivity (Wildman–Crippen MR) is 68.5 cm³/mol. The molecule has 1 aliphatic heterocycles. The van der Waals surface area contributed by atoms with Crippen LogP contribution in [0.3, 0.4) is 0 Å². The average molecular weight is 301 g/mol. The number of aliphatic hydroxyl groups is 1. The zero-order valence-electron chi connectivity index (χ0n) is 12.1. The van der Waals surface area contributed by atoms with Gasteiger partial charge in [-0.2, -0.15) is 0 Å². The van der Waals surface area contributed by atoms with E-state index in [1.54, 1.807) is 0 Å². The summed E-state index contributed by atoms with van der Waals surface area (Å²) < 4.78 is 5.17. The normalized spacial score (nSPS) is 15.5. The molecule has 21 heavy (non-hydrogen) atoms.